The van der Waals surface area contributed by atoms with Crippen molar-refractivity contribution in [3.63, 3.8) is 0 Å². The van der Waals surface area contributed by atoms with Crippen LogP contribution in [0.5, 0.6) is 0 Å². The second-order valence-electron chi connectivity index (χ2n) is 6.20. The smallest absolute Gasteiger partial charge is 0.255 e. The van der Waals surface area contributed by atoms with Gasteiger partial charge >= 0.3 is 0 Å². The van der Waals surface area contributed by atoms with Gasteiger partial charge in [-0.3, -0.25) is 14.6 Å². The second-order valence-corrected chi connectivity index (χ2v) is 6.20. The van der Waals surface area contributed by atoms with Gasteiger partial charge in [0.25, 0.3) is 5.91 Å². The van der Waals surface area contributed by atoms with Crippen molar-refractivity contribution in [3.05, 3.63) is 78.0 Å². The third-order valence-electron chi connectivity index (χ3n) is 4.13. The number of pyridine rings is 1. The number of hydrogen-bond acceptors (Lipinski definition) is 3. The van der Waals surface area contributed by atoms with E-state index < -0.39 is 0 Å². The summed E-state index contributed by atoms with van der Waals surface area (Å²) >= 11 is 0. The van der Waals surface area contributed by atoms with Crippen molar-refractivity contribution >= 4 is 23.2 Å². The van der Waals surface area contributed by atoms with Gasteiger partial charge in [-0.25, -0.2) is 0 Å². The highest BCUT2D eigenvalue weighted by Gasteiger charge is 2.11. The van der Waals surface area contributed by atoms with Crippen LogP contribution in [-0.2, 0) is 4.79 Å². The Morgan fingerprint density at radius 2 is 1.63 bits per heavy atom. The standard InChI is InChI=1S/C22H21N3O2/c1-3-20(26)25-19-5-4-14-23-21(19)16-8-10-17(11-9-16)22(27)24-18-12-6-15(2)7-13-18/h4-14H,3H2,1-2H3,(H,24,27)(H,25,26). The third kappa shape index (κ3) is 4.58. The summed E-state index contributed by atoms with van der Waals surface area (Å²) in [6, 6.07) is 18.4. The van der Waals surface area contributed by atoms with Crippen molar-refractivity contribution in [1.82, 2.24) is 4.98 Å². The first-order valence-corrected chi connectivity index (χ1v) is 8.80. The first kappa shape index (κ1) is 18.3. The van der Waals surface area contributed by atoms with E-state index in [0.29, 0.717) is 23.4 Å². The minimum absolute atomic E-state index is 0.0710. The molecule has 5 heteroatoms. The van der Waals surface area contributed by atoms with Gasteiger partial charge in [-0.2, -0.15) is 0 Å². The van der Waals surface area contributed by atoms with Crippen LogP contribution in [0.25, 0.3) is 11.3 Å². The number of amides is 2. The Hall–Kier alpha value is -3.47. The monoisotopic (exact) mass is 359 g/mol. The van der Waals surface area contributed by atoms with Gasteiger partial charge in [-0.1, -0.05) is 36.8 Å². The van der Waals surface area contributed by atoms with Gasteiger partial charge < -0.3 is 10.6 Å². The quantitative estimate of drug-likeness (QED) is 0.696. The number of carbonyl (C=O) groups excluding carboxylic acids is 2. The Morgan fingerprint density at radius 1 is 0.926 bits per heavy atom. The number of carbonyl (C=O) groups is 2. The molecular weight excluding hydrogens is 338 g/mol. The van der Waals surface area contributed by atoms with E-state index in [-0.39, 0.29) is 11.8 Å². The van der Waals surface area contributed by atoms with Gasteiger partial charge in [-0.15, -0.1) is 0 Å². The number of rotatable bonds is 5. The summed E-state index contributed by atoms with van der Waals surface area (Å²) in [6.07, 6.45) is 2.07. The molecule has 5 nitrogen and oxygen atoms in total. The number of anilines is 2. The molecule has 2 amide bonds. The lowest BCUT2D eigenvalue weighted by Crippen LogP contribution is -2.12. The Balaban J connectivity index is 1.78. The van der Waals surface area contributed by atoms with Crippen LogP contribution in [0.15, 0.2) is 66.9 Å². The van der Waals surface area contributed by atoms with Crippen molar-refractivity contribution in [2.24, 2.45) is 0 Å². The lowest BCUT2D eigenvalue weighted by atomic mass is 10.1. The maximum atomic E-state index is 12.4. The molecule has 3 rings (SSSR count). The minimum atomic E-state index is -0.175. The van der Waals surface area contributed by atoms with Crippen molar-refractivity contribution in [3.8, 4) is 11.3 Å². The minimum Gasteiger partial charge on any atom is -0.324 e. The third-order valence-corrected chi connectivity index (χ3v) is 4.13. The number of aryl methyl sites for hydroxylation is 1. The first-order chi connectivity index (χ1) is 13.1. The summed E-state index contributed by atoms with van der Waals surface area (Å²) in [4.78, 5) is 28.5. The maximum Gasteiger partial charge on any atom is 0.255 e. The van der Waals surface area contributed by atoms with Gasteiger partial charge in [0.15, 0.2) is 0 Å². The van der Waals surface area contributed by atoms with Crippen LogP contribution < -0.4 is 10.6 Å². The van der Waals surface area contributed by atoms with Crippen LogP contribution in [0.1, 0.15) is 29.3 Å². The Labute approximate surface area is 158 Å². The zero-order chi connectivity index (χ0) is 19.2. The van der Waals surface area contributed by atoms with Crippen LogP contribution in [0.3, 0.4) is 0 Å². The van der Waals surface area contributed by atoms with Crippen molar-refractivity contribution in [1.29, 1.82) is 0 Å². The highest BCUT2D eigenvalue weighted by molar-refractivity contribution is 6.04. The first-order valence-electron chi connectivity index (χ1n) is 8.80. The summed E-state index contributed by atoms with van der Waals surface area (Å²) in [7, 11) is 0. The molecule has 0 aliphatic rings. The molecule has 2 N–H and O–H groups in total. The summed E-state index contributed by atoms with van der Waals surface area (Å²) in [5, 5.41) is 5.73. The Bertz CT molecular complexity index is 948. The fraction of sp³-hybridized carbons (Fsp3) is 0.136. The Morgan fingerprint density at radius 3 is 2.30 bits per heavy atom. The summed E-state index contributed by atoms with van der Waals surface area (Å²) in [6.45, 7) is 3.80. The van der Waals surface area contributed by atoms with Gasteiger partial charge in [0.1, 0.15) is 0 Å². The largest absolute Gasteiger partial charge is 0.324 e. The Kier molecular flexibility index (Phi) is 5.61. The van der Waals surface area contributed by atoms with E-state index in [0.717, 1.165) is 16.8 Å². The molecule has 3 aromatic rings. The molecule has 0 aliphatic heterocycles. The molecule has 0 aliphatic carbocycles. The molecule has 0 saturated carbocycles. The number of nitrogens with one attached hydrogen (secondary N) is 2. The van der Waals surface area contributed by atoms with Crippen LogP contribution in [0, 0.1) is 6.92 Å². The van der Waals surface area contributed by atoms with E-state index in [1.807, 2.05) is 49.4 Å². The molecular formula is C22H21N3O2. The SMILES string of the molecule is CCC(=O)Nc1cccnc1-c1ccc(C(=O)Nc2ccc(C)cc2)cc1. The molecule has 0 saturated heterocycles. The average Bonchev–Trinajstić information content (AvgIpc) is 2.70. The van der Waals surface area contributed by atoms with Crippen molar-refractivity contribution in [2.45, 2.75) is 20.3 Å². The number of aromatic nitrogens is 1. The lowest BCUT2D eigenvalue weighted by molar-refractivity contribution is -0.115. The van der Waals surface area contributed by atoms with Gasteiger partial charge in [0, 0.05) is 29.4 Å². The molecule has 0 radical (unpaired) electrons. The van der Waals surface area contributed by atoms with Crippen molar-refractivity contribution < 1.29 is 9.59 Å². The predicted octanol–water partition coefficient (Wildman–Crippen LogP) is 4.66. The van der Waals surface area contributed by atoms with E-state index >= 15 is 0 Å². The summed E-state index contributed by atoms with van der Waals surface area (Å²) in [5.41, 5.74) is 4.59. The van der Waals surface area contributed by atoms with Crippen LogP contribution in [0.2, 0.25) is 0 Å². The zero-order valence-electron chi connectivity index (χ0n) is 15.3. The van der Waals surface area contributed by atoms with E-state index in [1.54, 1.807) is 31.3 Å². The molecule has 0 spiro atoms. The predicted molar refractivity (Wildman–Crippen MR) is 108 cm³/mol. The topological polar surface area (TPSA) is 71.1 Å². The molecule has 0 fully saturated rings. The molecule has 1 aromatic heterocycles. The normalized spacial score (nSPS) is 10.3. The van der Waals surface area contributed by atoms with Gasteiger partial charge in [-0.05, 0) is 43.3 Å². The molecule has 0 unspecified atom stereocenters. The average molecular weight is 359 g/mol. The van der Waals surface area contributed by atoms with Crippen LogP contribution >= 0.6 is 0 Å². The van der Waals surface area contributed by atoms with E-state index in [1.165, 1.54) is 0 Å². The maximum absolute atomic E-state index is 12.4. The number of nitrogens with zero attached hydrogens (tertiary/aromatic N) is 1. The molecule has 0 bridgehead atoms. The van der Waals surface area contributed by atoms with Gasteiger partial charge in [0.05, 0.1) is 11.4 Å². The summed E-state index contributed by atoms with van der Waals surface area (Å²) in [5.74, 6) is -0.246. The van der Waals surface area contributed by atoms with E-state index in [9.17, 15) is 9.59 Å². The van der Waals surface area contributed by atoms with Crippen LogP contribution in [0.4, 0.5) is 11.4 Å². The molecule has 0 atom stereocenters. The van der Waals surface area contributed by atoms with Crippen LogP contribution in [-0.4, -0.2) is 16.8 Å². The number of hydrogen-bond donors (Lipinski definition) is 2. The van der Waals surface area contributed by atoms with Crippen molar-refractivity contribution in [2.75, 3.05) is 10.6 Å². The highest BCUT2D eigenvalue weighted by Crippen LogP contribution is 2.26. The summed E-state index contributed by atoms with van der Waals surface area (Å²) < 4.78 is 0. The molecule has 1 heterocycles. The molecule has 2 aromatic carbocycles. The highest BCUT2D eigenvalue weighted by atomic mass is 16.2. The van der Waals surface area contributed by atoms with Gasteiger partial charge in [0.2, 0.25) is 5.91 Å². The fourth-order valence-corrected chi connectivity index (χ4v) is 2.59. The zero-order valence-corrected chi connectivity index (χ0v) is 15.3. The van der Waals surface area contributed by atoms with E-state index in [2.05, 4.69) is 15.6 Å². The molecule has 27 heavy (non-hydrogen) atoms. The number of benzene rings is 2. The lowest BCUT2D eigenvalue weighted by Gasteiger charge is -2.10. The molecule has 136 valence electrons. The second kappa shape index (κ2) is 8.27. The fourth-order valence-electron chi connectivity index (χ4n) is 2.59. The van der Waals surface area contributed by atoms with E-state index in [4.69, 9.17) is 0 Å².